The van der Waals surface area contributed by atoms with Crippen molar-refractivity contribution in [2.45, 2.75) is 46.0 Å². The van der Waals surface area contributed by atoms with Gasteiger partial charge in [0.25, 0.3) is 5.91 Å². The van der Waals surface area contributed by atoms with E-state index < -0.39 is 31.0 Å². The van der Waals surface area contributed by atoms with Gasteiger partial charge in [-0.05, 0) is 51.0 Å². The molecule has 38 heavy (non-hydrogen) atoms. The molecule has 8 nitrogen and oxygen atoms in total. The number of alkyl halides is 3. The molecule has 0 spiro atoms. The second kappa shape index (κ2) is 10.6. The van der Waals surface area contributed by atoms with Crippen molar-refractivity contribution in [3.05, 3.63) is 53.0 Å². The lowest BCUT2D eigenvalue weighted by Crippen LogP contribution is -2.45. The van der Waals surface area contributed by atoms with Crippen LogP contribution in [0.4, 0.5) is 19.0 Å². The van der Waals surface area contributed by atoms with Crippen LogP contribution in [0.25, 0.3) is 10.9 Å². The quantitative estimate of drug-likeness (QED) is 0.446. The number of benzene rings is 1. The predicted molar refractivity (Wildman–Crippen MR) is 140 cm³/mol. The summed E-state index contributed by atoms with van der Waals surface area (Å²) < 4.78 is 59.4. The molecule has 0 aliphatic carbocycles. The Balaban J connectivity index is 1.64. The first kappa shape index (κ1) is 28.0. The van der Waals surface area contributed by atoms with E-state index >= 15 is 0 Å². The zero-order valence-corrected chi connectivity index (χ0v) is 22.9. The number of halogens is 3. The molecular weight excluding hydrogens is 518 g/mol. The fourth-order valence-electron chi connectivity index (χ4n) is 4.78. The molecule has 1 N–H and O–H groups in total. The Hall–Kier alpha value is -3.04. The first-order chi connectivity index (χ1) is 17.8. The van der Waals surface area contributed by atoms with Gasteiger partial charge in [0.1, 0.15) is 30.3 Å². The largest absolute Gasteiger partial charge is 0.416 e. The van der Waals surface area contributed by atoms with Crippen LogP contribution in [0.5, 0.6) is 0 Å². The number of amides is 1. The van der Waals surface area contributed by atoms with Gasteiger partial charge in [-0.1, -0.05) is 12.1 Å². The van der Waals surface area contributed by atoms with Gasteiger partial charge in [-0.25, -0.2) is 9.97 Å². The van der Waals surface area contributed by atoms with Gasteiger partial charge in [0, 0.05) is 37.9 Å². The molecule has 1 aliphatic heterocycles. The number of nitrogens with one attached hydrogen (secondary N) is 1. The Bertz CT molecular complexity index is 1400. The molecule has 1 amide bonds. The van der Waals surface area contributed by atoms with E-state index in [1.807, 2.05) is 0 Å². The number of ether oxygens (including phenoxy) is 1. The third-order valence-corrected chi connectivity index (χ3v) is 10.00. The first-order valence-electron chi connectivity index (χ1n) is 12.3. The minimum atomic E-state index is -4.45. The number of nitrogens with zero attached hydrogens (tertiary/aromatic N) is 4. The molecule has 3 aromatic rings. The van der Waals surface area contributed by atoms with Crippen molar-refractivity contribution >= 4 is 35.2 Å². The number of methoxy groups -OCH3 is 1. The minimum Gasteiger partial charge on any atom is -0.372 e. The fraction of sp³-hybridized carbons (Fsp3) is 0.462. The highest BCUT2D eigenvalue weighted by atomic mass is 31.2. The fourth-order valence-corrected chi connectivity index (χ4v) is 7.22. The monoisotopic (exact) mass is 549 g/mol. The van der Waals surface area contributed by atoms with Crippen molar-refractivity contribution < 1.29 is 27.3 Å². The average Bonchev–Trinajstić information content (AvgIpc) is 2.87. The van der Waals surface area contributed by atoms with E-state index in [1.165, 1.54) is 20.1 Å². The third kappa shape index (κ3) is 5.54. The lowest BCUT2D eigenvalue weighted by Gasteiger charge is -2.33. The van der Waals surface area contributed by atoms with Crippen molar-refractivity contribution in [3.8, 4) is 0 Å². The second-order valence-corrected chi connectivity index (χ2v) is 12.7. The molecule has 1 aromatic carbocycles. The Morgan fingerprint density at radius 3 is 2.47 bits per heavy atom. The Morgan fingerprint density at radius 2 is 1.84 bits per heavy atom. The van der Waals surface area contributed by atoms with Gasteiger partial charge in [-0.15, -0.1) is 0 Å². The van der Waals surface area contributed by atoms with Gasteiger partial charge in [-0.2, -0.15) is 13.2 Å². The number of hydrogen-bond donors (Lipinski definition) is 1. The average molecular weight is 550 g/mol. The standard InChI is InChI=1S/C26H31F3N5O3P/c1-15-19(7-6-8-21(15)26(27,28)29)16(2)31-24-20-13-23(30-14-22(20)32-18(4)33-24)38(36)11-9-34(10-12-38)25(35)17(3)37-5/h6-8,13-14,16-17H,9-12H2,1-5H3,(H,31,32,33)/t16-,17+/m1/s1. The smallest absolute Gasteiger partial charge is 0.372 e. The van der Waals surface area contributed by atoms with Crippen molar-refractivity contribution in [1.29, 1.82) is 0 Å². The Labute approximate surface area is 219 Å². The number of hydrogen-bond acceptors (Lipinski definition) is 7. The lowest BCUT2D eigenvalue weighted by molar-refractivity contribution is -0.140. The summed E-state index contributed by atoms with van der Waals surface area (Å²) in [7, 11) is -1.42. The van der Waals surface area contributed by atoms with E-state index in [2.05, 4.69) is 20.3 Å². The molecule has 1 fully saturated rings. The van der Waals surface area contributed by atoms with Crippen molar-refractivity contribution in [1.82, 2.24) is 19.9 Å². The van der Waals surface area contributed by atoms with Crippen molar-refractivity contribution in [3.63, 3.8) is 0 Å². The van der Waals surface area contributed by atoms with Crippen LogP contribution in [0.1, 0.15) is 42.4 Å². The predicted octanol–water partition coefficient (Wildman–Crippen LogP) is 4.70. The number of carbonyl (C=O) groups is 1. The molecule has 2 aromatic heterocycles. The summed E-state index contributed by atoms with van der Waals surface area (Å²) in [5, 5.41) is 3.82. The molecule has 4 rings (SSSR count). The highest BCUT2D eigenvalue weighted by molar-refractivity contribution is 7.71. The summed E-state index contributed by atoms with van der Waals surface area (Å²) in [6.07, 6.45) is -2.88. The molecular formula is C26H31F3N5O3P. The molecule has 2 atom stereocenters. The molecule has 0 bridgehead atoms. The van der Waals surface area contributed by atoms with E-state index in [0.29, 0.717) is 59.0 Å². The Morgan fingerprint density at radius 1 is 1.16 bits per heavy atom. The molecule has 204 valence electrons. The number of aromatic nitrogens is 3. The molecule has 0 unspecified atom stereocenters. The van der Waals surface area contributed by atoms with E-state index in [9.17, 15) is 22.5 Å². The maximum Gasteiger partial charge on any atom is 0.416 e. The number of rotatable bonds is 6. The van der Waals surface area contributed by atoms with Gasteiger partial charge >= 0.3 is 6.18 Å². The summed E-state index contributed by atoms with van der Waals surface area (Å²) in [4.78, 5) is 27.5. The maximum atomic E-state index is 13.9. The summed E-state index contributed by atoms with van der Waals surface area (Å²) >= 11 is 0. The zero-order valence-electron chi connectivity index (χ0n) is 22.0. The van der Waals surface area contributed by atoms with Crippen LogP contribution in [0, 0.1) is 13.8 Å². The number of pyridine rings is 1. The Kier molecular flexibility index (Phi) is 7.81. The third-order valence-electron chi connectivity index (χ3n) is 7.07. The van der Waals surface area contributed by atoms with Crippen LogP contribution in [0.15, 0.2) is 30.5 Å². The van der Waals surface area contributed by atoms with Crippen LogP contribution in [0.3, 0.4) is 0 Å². The SMILES string of the molecule is CO[C@@H](C)C(=O)N1CCP(=O)(c2cc3c(N[C@H](C)c4cccc(C(F)(F)F)c4C)nc(C)nc3cn2)CC1. The number of carbonyl (C=O) groups excluding carboxylic acids is 1. The molecule has 0 saturated carbocycles. The molecule has 3 heterocycles. The van der Waals surface area contributed by atoms with Crippen molar-refractivity contribution in [2.75, 3.05) is 37.8 Å². The highest BCUT2D eigenvalue weighted by Gasteiger charge is 2.35. The van der Waals surface area contributed by atoms with Gasteiger partial charge in [0.2, 0.25) is 0 Å². The first-order valence-corrected chi connectivity index (χ1v) is 14.4. The highest BCUT2D eigenvalue weighted by Crippen LogP contribution is 2.46. The summed E-state index contributed by atoms with van der Waals surface area (Å²) in [6.45, 7) is 7.30. The normalized spacial score (nSPS) is 17.3. The summed E-state index contributed by atoms with van der Waals surface area (Å²) in [5.41, 5.74) is 0.919. The molecule has 1 aliphatic rings. The minimum absolute atomic E-state index is 0.139. The van der Waals surface area contributed by atoms with E-state index in [1.54, 1.807) is 44.0 Å². The number of aryl methyl sites for hydroxylation is 1. The van der Waals surface area contributed by atoms with Gasteiger partial charge < -0.3 is 19.5 Å². The van der Waals surface area contributed by atoms with Gasteiger partial charge in [-0.3, -0.25) is 9.78 Å². The zero-order chi connectivity index (χ0) is 27.8. The van der Waals surface area contributed by atoms with Crippen molar-refractivity contribution in [2.24, 2.45) is 0 Å². The van der Waals surface area contributed by atoms with Crippen LogP contribution in [-0.2, 0) is 20.3 Å². The maximum absolute atomic E-state index is 13.9. The van der Waals surface area contributed by atoms with Gasteiger partial charge in [0.15, 0.2) is 0 Å². The van der Waals surface area contributed by atoms with Crippen LogP contribution in [-0.4, -0.2) is 64.4 Å². The van der Waals surface area contributed by atoms with E-state index in [-0.39, 0.29) is 11.5 Å². The summed E-state index contributed by atoms with van der Waals surface area (Å²) in [6, 6.07) is 5.33. The van der Waals surface area contributed by atoms with Crippen LogP contribution in [0.2, 0.25) is 0 Å². The van der Waals surface area contributed by atoms with E-state index in [0.717, 1.165) is 6.07 Å². The molecule has 0 radical (unpaired) electrons. The molecule has 1 saturated heterocycles. The van der Waals surface area contributed by atoms with Crippen LogP contribution >= 0.6 is 7.14 Å². The molecule has 12 heteroatoms. The van der Waals surface area contributed by atoms with Crippen LogP contribution < -0.4 is 10.8 Å². The lowest BCUT2D eigenvalue weighted by atomic mass is 9.97. The number of anilines is 1. The second-order valence-electron chi connectivity index (χ2n) is 9.60. The van der Waals surface area contributed by atoms with Gasteiger partial charge in [0.05, 0.1) is 23.3 Å². The summed E-state index contributed by atoms with van der Waals surface area (Å²) in [5.74, 6) is 0.752. The van der Waals surface area contributed by atoms with E-state index in [4.69, 9.17) is 4.74 Å². The topological polar surface area (TPSA) is 97.3 Å². The number of fused-ring (bicyclic) bond motifs is 1.